The normalized spacial score (nSPS) is 12.9. The largest absolute Gasteiger partial charge is 0.494 e. The van der Waals surface area contributed by atoms with Gasteiger partial charge in [-0.05, 0) is 42.8 Å². The van der Waals surface area contributed by atoms with E-state index < -0.39 is 15.1 Å². The molecular weight excluding hydrogens is 288 g/mol. The fourth-order valence-electron chi connectivity index (χ4n) is 2.06. The van der Waals surface area contributed by atoms with Crippen LogP contribution in [0, 0.1) is 0 Å². The van der Waals surface area contributed by atoms with Crippen LogP contribution >= 0.6 is 0 Å². The van der Waals surface area contributed by atoms with Gasteiger partial charge in [-0.1, -0.05) is 6.07 Å². The van der Waals surface area contributed by atoms with Gasteiger partial charge in [-0.3, -0.25) is 4.98 Å². The zero-order chi connectivity index (χ0) is 15.3. The van der Waals surface area contributed by atoms with Crippen molar-refractivity contribution in [2.45, 2.75) is 17.1 Å². The molecule has 2 N–H and O–H groups in total. The lowest BCUT2D eigenvalue weighted by Gasteiger charge is -2.16. The smallest absolute Gasteiger partial charge is 0.186 e. The molecule has 0 aliphatic heterocycles. The van der Waals surface area contributed by atoms with Crippen molar-refractivity contribution in [2.24, 2.45) is 5.73 Å². The highest BCUT2D eigenvalue weighted by Crippen LogP contribution is 2.28. The molecule has 0 aliphatic carbocycles. The van der Waals surface area contributed by atoms with E-state index >= 15 is 0 Å². The number of hydrogen-bond donors (Lipinski definition) is 1. The molecule has 1 heterocycles. The Morgan fingerprint density at radius 3 is 2.48 bits per heavy atom. The second-order valence-electron chi connectivity index (χ2n) is 4.46. The van der Waals surface area contributed by atoms with E-state index in [1.54, 1.807) is 42.6 Å². The molecule has 0 radical (unpaired) electrons. The molecule has 0 bridgehead atoms. The minimum atomic E-state index is -3.56. The molecule has 21 heavy (non-hydrogen) atoms. The number of sulfone groups is 1. The maximum atomic E-state index is 12.7. The fraction of sp³-hybridized carbons (Fsp3) is 0.267. The molecule has 0 amide bonds. The Balaban J connectivity index is 2.35. The minimum Gasteiger partial charge on any atom is -0.494 e. The molecule has 1 aromatic carbocycles. The fourth-order valence-corrected chi connectivity index (χ4v) is 3.66. The van der Waals surface area contributed by atoms with Crippen LogP contribution in [-0.4, -0.2) is 26.6 Å². The monoisotopic (exact) mass is 306 g/mol. The zero-order valence-electron chi connectivity index (χ0n) is 11.8. The van der Waals surface area contributed by atoms with Crippen molar-refractivity contribution in [2.75, 3.05) is 13.2 Å². The maximum Gasteiger partial charge on any atom is 0.186 e. The van der Waals surface area contributed by atoms with Gasteiger partial charge in [0.1, 0.15) is 11.0 Å². The highest BCUT2D eigenvalue weighted by atomic mass is 32.2. The SMILES string of the molecule is CCOc1ccc(S(=O)(=O)C(CN)c2cccnc2)cc1. The van der Waals surface area contributed by atoms with Crippen LogP contribution in [0.15, 0.2) is 53.7 Å². The quantitative estimate of drug-likeness (QED) is 0.882. The predicted octanol–water partition coefficient (Wildman–Crippen LogP) is 1.95. The van der Waals surface area contributed by atoms with Gasteiger partial charge < -0.3 is 10.5 Å². The van der Waals surface area contributed by atoms with Crippen molar-refractivity contribution in [1.29, 1.82) is 0 Å². The second-order valence-corrected chi connectivity index (χ2v) is 6.59. The Kier molecular flexibility index (Phi) is 4.93. The molecule has 1 aromatic heterocycles. The molecule has 0 spiro atoms. The van der Waals surface area contributed by atoms with Crippen LogP contribution in [-0.2, 0) is 9.84 Å². The summed E-state index contributed by atoms with van der Waals surface area (Å²) in [6, 6.07) is 9.79. The van der Waals surface area contributed by atoms with Crippen molar-refractivity contribution in [3.8, 4) is 5.75 Å². The van der Waals surface area contributed by atoms with E-state index in [0.29, 0.717) is 17.9 Å². The lowest BCUT2D eigenvalue weighted by molar-refractivity contribution is 0.340. The number of aromatic nitrogens is 1. The molecular formula is C15H18N2O3S. The minimum absolute atomic E-state index is 0.00123. The van der Waals surface area contributed by atoms with Crippen molar-refractivity contribution in [1.82, 2.24) is 4.98 Å². The summed E-state index contributed by atoms with van der Waals surface area (Å²) in [4.78, 5) is 4.19. The number of nitrogens with zero attached hydrogens (tertiary/aromatic N) is 1. The van der Waals surface area contributed by atoms with Gasteiger partial charge in [-0.2, -0.15) is 0 Å². The van der Waals surface area contributed by atoms with Crippen molar-refractivity contribution < 1.29 is 13.2 Å². The van der Waals surface area contributed by atoms with E-state index in [-0.39, 0.29) is 11.4 Å². The van der Waals surface area contributed by atoms with Crippen LogP contribution in [0.2, 0.25) is 0 Å². The average molecular weight is 306 g/mol. The van der Waals surface area contributed by atoms with E-state index in [9.17, 15) is 8.42 Å². The van der Waals surface area contributed by atoms with Crippen molar-refractivity contribution >= 4 is 9.84 Å². The van der Waals surface area contributed by atoms with Crippen molar-refractivity contribution in [3.05, 3.63) is 54.4 Å². The Labute approximate surface area is 124 Å². The number of hydrogen-bond acceptors (Lipinski definition) is 5. The first-order chi connectivity index (χ1) is 10.1. The predicted molar refractivity (Wildman–Crippen MR) is 80.8 cm³/mol. The summed E-state index contributed by atoms with van der Waals surface area (Å²) >= 11 is 0. The number of ether oxygens (including phenoxy) is 1. The van der Waals surface area contributed by atoms with Crippen LogP contribution in [0.3, 0.4) is 0 Å². The van der Waals surface area contributed by atoms with Gasteiger partial charge in [-0.25, -0.2) is 8.42 Å². The highest BCUT2D eigenvalue weighted by Gasteiger charge is 2.28. The van der Waals surface area contributed by atoms with Crippen LogP contribution in [0.5, 0.6) is 5.75 Å². The van der Waals surface area contributed by atoms with Crippen LogP contribution in [0.25, 0.3) is 0 Å². The third-order valence-electron chi connectivity index (χ3n) is 3.11. The standard InChI is InChI=1S/C15H18N2O3S/c1-2-20-13-5-7-14(8-6-13)21(18,19)15(10-16)12-4-3-9-17-11-12/h3-9,11,15H,2,10,16H2,1H3. The molecule has 112 valence electrons. The molecule has 0 saturated heterocycles. The first-order valence-electron chi connectivity index (χ1n) is 6.66. The number of pyridine rings is 1. The number of rotatable bonds is 6. The summed E-state index contributed by atoms with van der Waals surface area (Å²) in [5.41, 5.74) is 6.27. The summed E-state index contributed by atoms with van der Waals surface area (Å²) in [5.74, 6) is 0.641. The topological polar surface area (TPSA) is 82.3 Å². The molecule has 2 rings (SSSR count). The molecule has 0 aliphatic rings. The van der Waals surface area contributed by atoms with E-state index in [0.717, 1.165) is 0 Å². The van der Waals surface area contributed by atoms with Crippen LogP contribution in [0.1, 0.15) is 17.7 Å². The Morgan fingerprint density at radius 1 is 1.24 bits per heavy atom. The summed E-state index contributed by atoms with van der Waals surface area (Å²) < 4.78 is 30.7. The molecule has 5 nitrogen and oxygen atoms in total. The third kappa shape index (κ3) is 3.40. The van der Waals surface area contributed by atoms with E-state index in [1.807, 2.05) is 6.92 Å². The van der Waals surface area contributed by atoms with Gasteiger partial charge in [0.15, 0.2) is 9.84 Å². The van der Waals surface area contributed by atoms with E-state index in [4.69, 9.17) is 10.5 Å². The average Bonchev–Trinajstić information content (AvgIpc) is 2.50. The molecule has 1 atom stereocenters. The van der Waals surface area contributed by atoms with Gasteiger partial charge in [0.05, 0.1) is 11.5 Å². The Bertz CT molecular complexity index is 670. The van der Waals surface area contributed by atoms with Gasteiger partial charge in [0, 0.05) is 18.9 Å². The van der Waals surface area contributed by atoms with Gasteiger partial charge in [-0.15, -0.1) is 0 Å². The van der Waals surface area contributed by atoms with Crippen LogP contribution < -0.4 is 10.5 Å². The Morgan fingerprint density at radius 2 is 1.95 bits per heavy atom. The number of benzene rings is 1. The molecule has 6 heteroatoms. The zero-order valence-corrected chi connectivity index (χ0v) is 12.6. The first kappa shape index (κ1) is 15.5. The van der Waals surface area contributed by atoms with Gasteiger partial charge in [0.2, 0.25) is 0 Å². The molecule has 1 unspecified atom stereocenters. The van der Waals surface area contributed by atoms with E-state index in [2.05, 4.69) is 4.98 Å². The lowest BCUT2D eigenvalue weighted by atomic mass is 10.2. The lowest BCUT2D eigenvalue weighted by Crippen LogP contribution is -2.22. The Hall–Kier alpha value is -1.92. The van der Waals surface area contributed by atoms with Gasteiger partial charge in [0.25, 0.3) is 0 Å². The summed E-state index contributed by atoms with van der Waals surface area (Å²) in [6.07, 6.45) is 3.13. The molecule has 0 saturated carbocycles. The highest BCUT2D eigenvalue weighted by molar-refractivity contribution is 7.91. The maximum absolute atomic E-state index is 12.7. The van der Waals surface area contributed by atoms with E-state index in [1.165, 1.54) is 6.20 Å². The second kappa shape index (κ2) is 6.69. The number of nitrogens with two attached hydrogens (primary N) is 1. The first-order valence-corrected chi connectivity index (χ1v) is 8.21. The third-order valence-corrected chi connectivity index (χ3v) is 5.25. The van der Waals surface area contributed by atoms with Crippen LogP contribution in [0.4, 0.5) is 0 Å². The summed E-state index contributed by atoms with van der Waals surface area (Å²) in [6.45, 7) is 2.41. The van der Waals surface area contributed by atoms with Gasteiger partial charge >= 0.3 is 0 Å². The molecule has 2 aromatic rings. The van der Waals surface area contributed by atoms with Crippen molar-refractivity contribution in [3.63, 3.8) is 0 Å². The summed E-state index contributed by atoms with van der Waals surface area (Å²) in [5, 5.41) is -0.802. The molecule has 0 fully saturated rings. The summed E-state index contributed by atoms with van der Waals surface area (Å²) in [7, 11) is -3.56.